The van der Waals surface area contributed by atoms with Crippen molar-refractivity contribution in [2.24, 2.45) is 0 Å². The van der Waals surface area contributed by atoms with Crippen LogP contribution in [0, 0.1) is 0 Å². The van der Waals surface area contributed by atoms with Crippen LogP contribution in [-0.4, -0.2) is 41.2 Å². The van der Waals surface area contributed by atoms with Gasteiger partial charge in [0.05, 0.1) is 11.6 Å². The quantitative estimate of drug-likeness (QED) is 0.913. The minimum Gasteiger partial charge on any atom is -0.481 e. The van der Waals surface area contributed by atoms with Crippen LogP contribution in [0.1, 0.15) is 6.42 Å². The van der Waals surface area contributed by atoms with Crippen molar-refractivity contribution < 1.29 is 4.74 Å². The second kappa shape index (κ2) is 6.26. The first kappa shape index (κ1) is 14.1. The van der Waals surface area contributed by atoms with Crippen LogP contribution in [-0.2, 0) is 0 Å². The zero-order valence-electron chi connectivity index (χ0n) is 11.7. The lowest BCUT2D eigenvalue weighted by Crippen LogP contribution is -2.27. The Balaban J connectivity index is 1.66. The highest BCUT2D eigenvalue weighted by atomic mass is 79.9. The lowest BCUT2D eigenvalue weighted by Gasteiger charge is -2.19. The van der Waals surface area contributed by atoms with Crippen molar-refractivity contribution in [3.8, 4) is 5.88 Å². The molecule has 0 saturated carbocycles. The molecule has 2 aromatic rings. The Bertz CT molecular complexity index is 624. The van der Waals surface area contributed by atoms with Crippen LogP contribution in [0.3, 0.4) is 0 Å². The number of rotatable bonds is 4. The third-order valence-electron chi connectivity index (χ3n) is 3.40. The van der Waals surface area contributed by atoms with Gasteiger partial charge >= 0.3 is 0 Å². The molecule has 0 aliphatic carbocycles. The summed E-state index contributed by atoms with van der Waals surface area (Å²) in [6, 6.07) is 5.96. The van der Waals surface area contributed by atoms with Gasteiger partial charge in [0, 0.05) is 37.6 Å². The van der Waals surface area contributed by atoms with Crippen LogP contribution in [0.25, 0.3) is 0 Å². The summed E-state index contributed by atoms with van der Waals surface area (Å²) in [5, 5.41) is 3.35. The van der Waals surface area contributed by atoms with E-state index in [1.807, 2.05) is 18.3 Å². The summed E-state index contributed by atoms with van der Waals surface area (Å²) < 4.78 is 6.12. The van der Waals surface area contributed by atoms with E-state index in [1.54, 1.807) is 19.4 Å². The summed E-state index contributed by atoms with van der Waals surface area (Å²) in [5.74, 6) is 2.14. The molecule has 6 nitrogen and oxygen atoms in total. The molecule has 3 heterocycles. The molecule has 2 aromatic heterocycles. The van der Waals surface area contributed by atoms with E-state index in [0.29, 0.717) is 17.9 Å². The topological polar surface area (TPSA) is 63.2 Å². The second-order valence-electron chi connectivity index (χ2n) is 4.81. The highest BCUT2D eigenvalue weighted by Gasteiger charge is 2.25. The number of aromatic nitrogens is 3. The lowest BCUT2D eigenvalue weighted by atomic mass is 10.3. The van der Waals surface area contributed by atoms with E-state index in [9.17, 15) is 0 Å². The third kappa shape index (κ3) is 3.24. The number of hydrogen-bond acceptors (Lipinski definition) is 6. The van der Waals surface area contributed by atoms with Crippen molar-refractivity contribution in [3.63, 3.8) is 0 Å². The zero-order chi connectivity index (χ0) is 14.7. The molecular formula is C14H16BrN5O. The highest BCUT2D eigenvalue weighted by Crippen LogP contribution is 2.27. The summed E-state index contributed by atoms with van der Waals surface area (Å²) in [4.78, 5) is 15.2. The van der Waals surface area contributed by atoms with Crippen LogP contribution in [0.15, 0.2) is 35.1 Å². The van der Waals surface area contributed by atoms with Crippen LogP contribution >= 0.6 is 15.9 Å². The van der Waals surface area contributed by atoms with Gasteiger partial charge in [0.25, 0.3) is 0 Å². The Kier molecular flexibility index (Phi) is 4.19. The van der Waals surface area contributed by atoms with Gasteiger partial charge in [-0.05, 0) is 34.5 Å². The van der Waals surface area contributed by atoms with Gasteiger partial charge in [-0.3, -0.25) is 0 Å². The predicted molar refractivity (Wildman–Crippen MR) is 84.8 cm³/mol. The Morgan fingerprint density at radius 1 is 1.33 bits per heavy atom. The predicted octanol–water partition coefficient (Wildman–Crippen LogP) is 2.33. The normalized spacial score (nSPS) is 17.8. The Morgan fingerprint density at radius 3 is 3.05 bits per heavy atom. The first-order valence-electron chi connectivity index (χ1n) is 6.75. The summed E-state index contributed by atoms with van der Waals surface area (Å²) in [6.07, 6.45) is 4.52. The largest absolute Gasteiger partial charge is 0.481 e. The van der Waals surface area contributed by atoms with Crippen LogP contribution in [0.4, 0.5) is 11.8 Å². The molecule has 21 heavy (non-hydrogen) atoms. The Morgan fingerprint density at radius 2 is 2.24 bits per heavy atom. The van der Waals surface area contributed by atoms with Gasteiger partial charge in [-0.1, -0.05) is 0 Å². The number of nitrogens with zero attached hydrogens (tertiary/aromatic N) is 4. The first-order chi connectivity index (χ1) is 10.3. The molecule has 3 rings (SSSR count). The smallest absolute Gasteiger partial charge is 0.226 e. The number of pyridine rings is 1. The molecule has 7 heteroatoms. The van der Waals surface area contributed by atoms with Gasteiger partial charge in [-0.15, -0.1) is 0 Å². The van der Waals surface area contributed by atoms with Gasteiger partial charge in [0.2, 0.25) is 11.8 Å². The molecule has 1 fully saturated rings. The summed E-state index contributed by atoms with van der Waals surface area (Å²) in [6.45, 7) is 1.83. The Hall–Kier alpha value is -1.89. The third-order valence-corrected chi connectivity index (χ3v) is 4.02. The first-order valence-corrected chi connectivity index (χ1v) is 7.54. The SMILES string of the molecule is COc1ccnc(NC2CCN(c3ncccc3Br)C2)n1. The minimum atomic E-state index is 0.297. The van der Waals surface area contributed by atoms with Crippen LogP contribution in [0.5, 0.6) is 5.88 Å². The van der Waals surface area contributed by atoms with Gasteiger partial charge < -0.3 is 15.0 Å². The van der Waals surface area contributed by atoms with Gasteiger partial charge in [-0.2, -0.15) is 4.98 Å². The van der Waals surface area contributed by atoms with Crippen molar-refractivity contribution in [1.82, 2.24) is 15.0 Å². The lowest BCUT2D eigenvalue weighted by molar-refractivity contribution is 0.397. The second-order valence-corrected chi connectivity index (χ2v) is 5.66. The molecular weight excluding hydrogens is 334 g/mol. The van der Waals surface area contributed by atoms with Gasteiger partial charge in [-0.25, -0.2) is 9.97 Å². The molecule has 0 aromatic carbocycles. The fraction of sp³-hybridized carbons (Fsp3) is 0.357. The van der Waals surface area contributed by atoms with E-state index in [1.165, 1.54) is 0 Å². The molecule has 0 spiro atoms. The Labute approximate surface area is 131 Å². The molecule has 1 saturated heterocycles. The van der Waals surface area contributed by atoms with E-state index in [0.717, 1.165) is 29.8 Å². The molecule has 1 aliphatic rings. The fourth-order valence-corrected chi connectivity index (χ4v) is 2.89. The highest BCUT2D eigenvalue weighted by molar-refractivity contribution is 9.10. The fourth-order valence-electron chi connectivity index (χ4n) is 2.39. The van der Waals surface area contributed by atoms with E-state index in [4.69, 9.17) is 4.74 Å². The monoisotopic (exact) mass is 349 g/mol. The number of anilines is 2. The van der Waals surface area contributed by atoms with E-state index >= 15 is 0 Å². The molecule has 0 bridgehead atoms. The van der Waals surface area contributed by atoms with Crippen LogP contribution < -0.4 is 15.0 Å². The molecule has 110 valence electrons. The standard InChI is InChI=1S/C14H16BrN5O/c1-21-12-4-7-17-14(19-12)18-10-5-8-20(9-10)13-11(15)3-2-6-16-13/h2-4,6-7,10H,5,8-9H2,1H3,(H,17,18,19). The van der Waals surface area contributed by atoms with Crippen LogP contribution in [0.2, 0.25) is 0 Å². The van der Waals surface area contributed by atoms with E-state index < -0.39 is 0 Å². The number of halogens is 1. The van der Waals surface area contributed by atoms with Crippen molar-refractivity contribution in [1.29, 1.82) is 0 Å². The minimum absolute atomic E-state index is 0.297. The number of methoxy groups -OCH3 is 1. The van der Waals surface area contributed by atoms with Crippen molar-refractivity contribution in [2.45, 2.75) is 12.5 Å². The molecule has 1 aliphatic heterocycles. The summed E-state index contributed by atoms with van der Waals surface area (Å²) in [5.41, 5.74) is 0. The average molecular weight is 350 g/mol. The van der Waals surface area contributed by atoms with Crippen molar-refractivity contribution >= 4 is 27.7 Å². The molecule has 1 atom stereocenters. The summed E-state index contributed by atoms with van der Waals surface area (Å²) in [7, 11) is 1.60. The van der Waals surface area contributed by atoms with Crippen molar-refractivity contribution in [3.05, 3.63) is 35.1 Å². The number of ether oxygens (including phenoxy) is 1. The van der Waals surface area contributed by atoms with Crippen molar-refractivity contribution in [2.75, 3.05) is 30.4 Å². The molecule has 0 radical (unpaired) electrons. The number of hydrogen-bond donors (Lipinski definition) is 1. The van der Waals surface area contributed by atoms with Gasteiger partial charge in [0.1, 0.15) is 5.82 Å². The zero-order valence-corrected chi connectivity index (χ0v) is 13.2. The maximum Gasteiger partial charge on any atom is 0.226 e. The maximum atomic E-state index is 5.11. The number of nitrogens with one attached hydrogen (secondary N) is 1. The summed E-state index contributed by atoms with van der Waals surface area (Å²) >= 11 is 3.55. The van der Waals surface area contributed by atoms with E-state index in [2.05, 4.69) is 41.1 Å². The van der Waals surface area contributed by atoms with Gasteiger partial charge in [0.15, 0.2) is 0 Å². The maximum absolute atomic E-state index is 5.11. The molecule has 1 N–H and O–H groups in total. The van der Waals surface area contributed by atoms with E-state index in [-0.39, 0.29) is 0 Å². The average Bonchev–Trinajstić information content (AvgIpc) is 2.96. The molecule has 1 unspecified atom stereocenters. The molecule has 0 amide bonds.